The van der Waals surface area contributed by atoms with Gasteiger partial charge in [-0.1, -0.05) is 0 Å². The van der Waals surface area contributed by atoms with Gasteiger partial charge in [-0.15, -0.1) is 0 Å². The van der Waals surface area contributed by atoms with Crippen molar-refractivity contribution in [1.29, 1.82) is 0 Å². The zero-order chi connectivity index (χ0) is 12.6. The molecule has 1 N–H and O–H groups in total. The van der Waals surface area contributed by atoms with Crippen LogP contribution >= 0.6 is 0 Å². The quantitative estimate of drug-likeness (QED) is 0.841. The standard InChI is InChI=1S/C14H23F2NO/c15-14(16)5-1-2-10(8-14)9-18-13-6-11-3-4-12(7-13)17-11/h10-13,17H,1-9H2. The highest BCUT2D eigenvalue weighted by Gasteiger charge is 2.38. The summed E-state index contributed by atoms with van der Waals surface area (Å²) in [5.41, 5.74) is 0. The van der Waals surface area contributed by atoms with Gasteiger partial charge in [0.05, 0.1) is 6.10 Å². The van der Waals surface area contributed by atoms with Crippen molar-refractivity contribution >= 4 is 0 Å². The van der Waals surface area contributed by atoms with Crippen molar-refractivity contribution in [3.63, 3.8) is 0 Å². The van der Waals surface area contributed by atoms with E-state index >= 15 is 0 Å². The number of alkyl halides is 2. The van der Waals surface area contributed by atoms with Gasteiger partial charge >= 0.3 is 0 Å². The number of rotatable bonds is 3. The van der Waals surface area contributed by atoms with Crippen molar-refractivity contribution in [3.05, 3.63) is 0 Å². The fourth-order valence-electron chi connectivity index (χ4n) is 3.83. The van der Waals surface area contributed by atoms with E-state index in [1.165, 1.54) is 12.8 Å². The fourth-order valence-corrected chi connectivity index (χ4v) is 3.83. The summed E-state index contributed by atoms with van der Waals surface area (Å²) < 4.78 is 32.5. The third kappa shape index (κ3) is 3.02. The number of halogens is 2. The highest BCUT2D eigenvalue weighted by Crippen LogP contribution is 2.37. The van der Waals surface area contributed by atoms with E-state index in [9.17, 15) is 8.78 Å². The second-order valence-corrected chi connectivity index (χ2v) is 6.38. The van der Waals surface area contributed by atoms with Crippen LogP contribution in [0.3, 0.4) is 0 Å². The normalized spacial score (nSPS) is 43.0. The minimum absolute atomic E-state index is 0.0326. The molecule has 0 radical (unpaired) electrons. The topological polar surface area (TPSA) is 21.3 Å². The first-order valence-electron chi connectivity index (χ1n) is 7.36. The first-order chi connectivity index (χ1) is 8.61. The Hall–Kier alpha value is -0.220. The van der Waals surface area contributed by atoms with Gasteiger partial charge in [-0.25, -0.2) is 8.78 Å². The Morgan fingerprint density at radius 3 is 2.50 bits per heavy atom. The van der Waals surface area contributed by atoms with Crippen molar-refractivity contribution in [3.8, 4) is 0 Å². The predicted molar refractivity (Wildman–Crippen MR) is 65.8 cm³/mol. The van der Waals surface area contributed by atoms with Crippen LogP contribution in [0.4, 0.5) is 8.78 Å². The van der Waals surface area contributed by atoms with Crippen molar-refractivity contribution < 1.29 is 13.5 Å². The molecular formula is C14H23F2NO. The summed E-state index contributed by atoms with van der Waals surface area (Å²) >= 11 is 0. The zero-order valence-electron chi connectivity index (χ0n) is 10.8. The summed E-state index contributed by atoms with van der Waals surface area (Å²) in [5, 5.41) is 3.57. The average Bonchev–Trinajstić information content (AvgIpc) is 2.65. The van der Waals surface area contributed by atoms with E-state index in [1.807, 2.05) is 0 Å². The predicted octanol–water partition coefficient (Wildman–Crippen LogP) is 3.11. The molecule has 3 unspecified atom stereocenters. The minimum Gasteiger partial charge on any atom is -0.378 e. The third-order valence-electron chi connectivity index (χ3n) is 4.74. The van der Waals surface area contributed by atoms with Gasteiger partial charge in [-0.05, 0) is 44.4 Å². The molecule has 2 heterocycles. The van der Waals surface area contributed by atoms with Crippen LogP contribution in [0.1, 0.15) is 51.4 Å². The van der Waals surface area contributed by atoms with Crippen LogP contribution in [0, 0.1) is 5.92 Å². The van der Waals surface area contributed by atoms with E-state index < -0.39 is 5.92 Å². The number of hydrogen-bond acceptors (Lipinski definition) is 2. The van der Waals surface area contributed by atoms with Crippen LogP contribution in [0.25, 0.3) is 0 Å². The van der Waals surface area contributed by atoms with Crippen LogP contribution in [0.2, 0.25) is 0 Å². The smallest absolute Gasteiger partial charge is 0.248 e. The van der Waals surface area contributed by atoms with Gasteiger partial charge in [-0.2, -0.15) is 0 Å². The molecule has 1 aliphatic carbocycles. The molecule has 0 spiro atoms. The molecule has 1 saturated carbocycles. The van der Waals surface area contributed by atoms with Crippen LogP contribution < -0.4 is 5.32 Å². The van der Waals surface area contributed by atoms with E-state index in [1.54, 1.807) is 0 Å². The summed E-state index contributed by atoms with van der Waals surface area (Å²) in [6.07, 6.45) is 6.62. The lowest BCUT2D eigenvalue weighted by atomic mass is 9.87. The molecule has 104 valence electrons. The van der Waals surface area contributed by atoms with Crippen LogP contribution in [0.5, 0.6) is 0 Å². The van der Waals surface area contributed by atoms with Gasteiger partial charge in [-0.3, -0.25) is 0 Å². The van der Waals surface area contributed by atoms with E-state index in [2.05, 4.69) is 5.32 Å². The molecule has 2 saturated heterocycles. The number of nitrogens with one attached hydrogen (secondary N) is 1. The first kappa shape index (κ1) is 12.8. The molecule has 2 nitrogen and oxygen atoms in total. The molecule has 3 aliphatic rings. The molecule has 3 fully saturated rings. The molecule has 2 aliphatic heterocycles. The molecule has 3 rings (SSSR count). The number of hydrogen-bond donors (Lipinski definition) is 1. The summed E-state index contributed by atoms with van der Waals surface area (Å²) in [5.74, 6) is -2.37. The Bertz CT molecular complexity index is 284. The largest absolute Gasteiger partial charge is 0.378 e. The van der Waals surface area contributed by atoms with Crippen molar-refractivity contribution in [2.45, 2.75) is 75.5 Å². The highest BCUT2D eigenvalue weighted by atomic mass is 19.3. The van der Waals surface area contributed by atoms with E-state index in [0.717, 1.165) is 19.3 Å². The zero-order valence-corrected chi connectivity index (χ0v) is 10.8. The van der Waals surface area contributed by atoms with Gasteiger partial charge in [0.25, 0.3) is 0 Å². The summed E-state index contributed by atoms with van der Waals surface area (Å²) in [7, 11) is 0. The maximum Gasteiger partial charge on any atom is 0.248 e. The summed E-state index contributed by atoms with van der Waals surface area (Å²) in [6, 6.07) is 1.23. The number of ether oxygens (including phenoxy) is 1. The van der Waals surface area contributed by atoms with E-state index in [-0.39, 0.29) is 18.8 Å². The lowest BCUT2D eigenvalue weighted by Crippen LogP contribution is -2.42. The Morgan fingerprint density at radius 2 is 1.83 bits per heavy atom. The Kier molecular flexibility index (Phi) is 3.59. The summed E-state index contributed by atoms with van der Waals surface area (Å²) in [4.78, 5) is 0. The molecular weight excluding hydrogens is 236 g/mol. The van der Waals surface area contributed by atoms with Crippen molar-refractivity contribution in [1.82, 2.24) is 5.32 Å². The average molecular weight is 259 g/mol. The lowest BCUT2D eigenvalue weighted by Gasteiger charge is -2.33. The molecule has 0 aromatic carbocycles. The summed E-state index contributed by atoms with van der Waals surface area (Å²) in [6.45, 7) is 0.541. The minimum atomic E-state index is -2.45. The van der Waals surface area contributed by atoms with Crippen LogP contribution in [-0.2, 0) is 4.74 Å². The van der Waals surface area contributed by atoms with Crippen molar-refractivity contribution in [2.24, 2.45) is 5.92 Å². The number of fused-ring (bicyclic) bond motifs is 2. The Balaban J connectivity index is 1.44. The molecule has 0 aromatic rings. The molecule has 2 bridgehead atoms. The van der Waals surface area contributed by atoms with Gasteiger partial charge in [0.15, 0.2) is 0 Å². The third-order valence-corrected chi connectivity index (χ3v) is 4.74. The maximum absolute atomic E-state index is 13.3. The fraction of sp³-hybridized carbons (Fsp3) is 1.00. The van der Waals surface area contributed by atoms with Gasteiger partial charge in [0.2, 0.25) is 5.92 Å². The molecule has 3 atom stereocenters. The lowest BCUT2D eigenvalue weighted by molar-refractivity contribution is -0.0788. The highest BCUT2D eigenvalue weighted by molar-refractivity contribution is 4.92. The SMILES string of the molecule is FC1(F)CCCC(COC2CC3CCC(C2)N3)C1. The Labute approximate surface area is 107 Å². The van der Waals surface area contributed by atoms with Gasteiger partial charge in [0, 0.05) is 31.5 Å². The molecule has 0 aromatic heterocycles. The second-order valence-electron chi connectivity index (χ2n) is 6.38. The molecule has 18 heavy (non-hydrogen) atoms. The van der Waals surface area contributed by atoms with Crippen LogP contribution in [0.15, 0.2) is 0 Å². The maximum atomic E-state index is 13.3. The molecule has 0 amide bonds. The first-order valence-corrected chi connectivity index (χ1v) is 7.36. The Morgan fingerprint density at radius 1 is 1.11 bits per heavy atom. The van der Waals surface area contributed by atoms with Crippen molar-refractivity contribution in [2.75, 3.05) is 6.61 Å². The van der Waals surface area contributed by atoms with E-state index in [0.29, 0.717) is 31.2 Å². The monoisotopic (exact) mass is 259 g/mol. The number of piperidine rings is 1. The van der Waals surface area contributed by atoms with Gasteiger partial charge < -0.3 is 10.1 Å². The van der Waals surface area contributed by atoms with Gasteiger partial charge in [0.1, 0.15) is 0 Å². The van der Waals surface area contributed by atoms with E-state index in [4.69, 9.17) is 4.74 Å². The van der Waals surface area contributed by atoms with Crippen LogP contribution in [-0.4, -0.2) is 30.7 Å². The second kappa shape index (κ2) is 5.04. The molecule has 4 heteroatoms.